The van der Waals surface area contributed by atoms with Gasteiger partial charge in [-0.15, -0.1) is 4.83 Å². The van der Waals surface area contributed by atoms with E-state index >= 15 is 0 Å². The third-order valence-corrected chi connectivity index (χ3v) is 7.10. The van der Waals surface area contributed by atoms with Crippen LogP contribution in [0.5, 0.6) is 0 Å². The Morgan fingerprint density at radius 1 is 1.29 bits per heavy atom. The molecule has 2 atom stereocenters. The van der Waals surface area contributed by atoms with Gasteiger partial charge in [0.25, 0.3) is 5.91 Å². The number of hydrogen-bond acceptors (Lipinski definition) is 5. The van der Waals surface area contributed by atoms with Crippen molar-refractivity contribution in [2.45, 2.75) is 38.6 Å². The minimum atomic E-state index is -3.91. The van der Waals surface area contributed by atoms with E-state index in [0.29, 0.717) is 30.6 Å². The molecule has 1 fully saturated rings. The van der Waals surface area contributed by atoms with Gasteiger partial charge in [-0.1, -0.05) is 18.0 Å². The number of carbonyl (C=O) groups is 2. The van der Waals surface area contributed by atoms with Crippen molar-refractivity contribution < 1.29 is 22.4 Å². The summed E-state index contributed by atoms with van der Waals surface area (Å²) in [7, 11) is -2.15. The summed E-state index contributed by atoms with van der Waals surface area (Å²) >= 11 is 5.95. The van der Waals surface area contributed by atoms with E-state index in [1.165, 1.54) is 12.1 Å². The van der Waals surface area contributed by atoms with Crippen LogP contribution in [-0.2, 0) is 17.1 Å². The second kappa shape index (κ2) is 11.2. The van der Waals surface area contributed by atoms with Crippen LogP contribution in [0.25, 0.3) is 11.3 Å². The van der Waals surface area contributed by atoms with Crippen LogP contribution in [0.3, 0.4) is 0 Å². The standard InChI is InChI=1S/C21H28ClFN6O4S/c1-3-24-21(31)26-15-6-4-5-13(7-15)11-34(32,33)28-27-20(30)16-8-14(9-17(22)19(16)23)18-10-29(2)12-25-18/h8-10,12-13,15,28H,3-7,11H2,1-2H3,(H,27,30)(H2,24,26,31). The van der Waals surface area contributed by atoms with Gasteiger partial charge in [-0.2, -0.15) is 0 Å². The van der Waals surface area contributed by atoms with Crippen molar-refractivity contribution in [1.82, 2.24) is 30.4 Å². The summed E-state index contributed by atoms with van der Waals surface area (Å²) in [4.78, 5) is 30.5. The van der Waals surface area contributed by atoms with Gasteiger partial charge in [0.05, 0.1) is 28.4 Å². The topological polar surface area (TPSA) is 134 Å². The molecule has 34 heavy (non-hydrogen) atoms. The summed E-state index contributed by atoms with van der Waals surface area (Å²) in [5, 5.41) is 5.21. The molecule has 1 aromatic carbocycles. The lowest BCUT2D eigenvalue weighted by atomic mass is 9.87. The fraction of sp³-hybridized carbons (Fsp3) is 0.476. The number of benzene rings is 1. The summed E-state index contributed by atoms with van der Waals surface area (Å²) in [5.41, 5.74) is 2.53. The minimum absolute atomic E-state index is 0.124. The lowest BCUT2D eigenvalue weighted by Crippen LogP contribution is -2.47. The number of sulfonamides is 1. The van der Waals surface area contributed by atoms with Crippen molar-refractivity contribution in [3.8, 4) is 11.3 Å². The number of amides is 3. The molecule has 3 rings (SSSR count). The number of imidazole rings is 1. The molecule has 0 bridgehead atoms. The summed E-state index contributed by atoms with van der Waals surface area (Å²) in [6.07, 6.45) is 5.94. The lowest BCUT2D eigenvalue weighted by molar-refractivity contribution is 0.0941. The second-order valence-electron chi connectivity index (χ2n) is 8.31. The summed E-state index contributed by atoms with van der Waals surface area (Å²) in [6, 6.07) is 2.19. The molecule has 0 radical (unpaired) electrons. The van der Waals surface area contributed by atoms with Crippen LogP contribution in [0, 0.1) is 11.7 Å². The molecule has 1 aliphatic carbocycles. The first-order chi connectivity index (χ1) is 16.1. The third kappa shape index (κ3) is 6.90. The second-order valence-corrected chi connectivity index (χ2v) is 10.5. The average molecular weight is 515 g/mol. The number of rotatable bonds is 8. The Morgan fingerprint density at radius 3 is 2.74 bits per heavy atom. The first-order valence-corrected chi connectivity index (χ1v) is 12.9. The number of aryl methyl sites for hydroxylation is 1. The average Bonchev–Trinajstić information content (AvgIpc) is 3.20. The number of halogens is 2. The van der Waals surface area contributed by atoms with Crippen LogP contribution in [0.1, 0.15) is 43.0 Å². The zero-order valence-electron chi connectivity index (χ0n) is 18.9. The van der Waals surface area contributed by atoms with Gasteiger partial charge in [-0.25, -0.2) is 22.6 Å². The Kier molecular flexibility index (Phi) is 8.50. The van der Waals surface area contributed by atoms with Crippen molar-refractivity contribution in [3.63, 3.8) is 0 Å². The monoisotopic (exact) mass is 514 g/mol. The van der Waals surface area contributed by atoms with Gasteiger partial charge in [0, 0.05) is 31.4 Å². The molecule has 0 aliphatic heterocycles. The molecule has 0 spiro atoms. The number of nitrogens with one attached hydrogen (secondary N) is 4. The van der Waals surface area contributed by atoms with E-state index in [1.54, 1.807) is 24.1 Å². The first-order valence-electron chi connectivity index (χ1n) is 10.9. The van der Waals surface area contributed by atoms with Gasteiger partial charge >= 0.3 is 6.03 Å². The fourth-order valence-electron chi connectivity index (χ4n) is 3.98. The molecule has 2 aromatic rings. The first kappa shape index (κ1) is 25.9. The van der Waals surface area contributed by atoms with Crippen LogP contribution in [0.15, 0.2) is 24.7 Å². The molecule has 4 N–H and O–H groups in total. The van der Waals surface area contributed by atoms with Crippen molar-refractivity contribution in [2.24, 2.45) is 13.0 Å². The van der Waals surface area contributed by atoms with Crippen molar-refractivity contribution in [3.05, 3.63) is 41.1 Å². The predicted octanol–water partition coefficient (Wildman–Crippen LogP) is 2.32. The van der Waals surface area contributed by atoms with E-state index in [4.69, 9.17) is 11.6 Å². The highest BCUT2D eigenvalue weighted by Crippen LogP contribution is 2.27. The van der Waals surface area contributed by atoms with Crippen LogP contribution >= 0.6 is 11.6 Å². The maximum atomic E-state index is 14.5. The van der Waals surface area contributed by atoms with E-state index in [9.17, 15) is 22.4 Å². The molecule has 1 heterocycles. The Hall–Kier alpha value is -2.70. The maximum absolute atomic E-state index is 14.5. The van der Waals surface area contributed by atoms with Crippen LogP contribution in [-0.4, -0.2) is 48.2 Å². The van der Waals surface area contributed by atoms with Gasteiger partial charge in [-0.3, -0.25) is 10.2 Å². The number of hydrogen-bond donors (Lipinski definition) is 4. The van der Waals surface area contributed by atoms with Gasteiger partial charge in [0.15, 0.2) is 5.82 Å². The SMILES string of the molecule is CCNC(=O)NC1CCCC(CS(=O)(=O)NNC(=O)c2cc(-c3cn(C)cn3)cc(Cl)c2F)C1. The summed E-state index contributed by atoms with van der Waals surface area (Å²) in [5.74, 6) is -2.39. The molecule has 1 aliphatic rings. The highest BCUT2D eigenvalue weighted by molar-refractivity contribution is 7.89. The predicted molar refractivity (Wildman–Crippen MR) is 126 cm³/mol. The zero-order valence-corrected chi connectivity index (χ0v) is 20.5. The molecule has 186 valence electrons. The third-order valence-electron chi connectivity index (χ3n) is 5.50. The molecular weight excluding hydrogens is 487 g/mol. The summed E-state index contributed by atoms with van der Waals surface area (Å²) < 4.78 is 41.3. The van der Waals surface area contributed by atoms with E-state index in [1.807, 2.05) is 11.8 Å². The van der Waals surface area contributed by atoms with Crippen molar-refractivity contribution >= 4 is 33.6 Å². The Labute approximate surface area is 202 Å². The Balaban J connectivity index is 1.61. The molecule has 1 saturated carbocycles. The lowest BCUT2D eigenvalue weighted by Gasteiger charge is -2.29. The van der Waals surface area contributed by atoms with Gasteiger partial charge in [0.2, 0.25) is 10.0 Å². The number of nitrogens with zero attached hydrogens (tertiary/aromatic N) is 2. The number of carbonyl (C=O) groups excluding carboxylic acids is 2. The zero-order chi connectivity index (χ0) is 24.9. The Morgan fingerprint density at radius 2 is 2.06 bits per heavy atom. The van der Waals surface area contributed by atoms with Crippen LogP contribution in [0.4, 0.5) is 9.18 Å². The molecule has 1 aromatic heterocycles. The largest absolute Gasteiger partial charge is 0.340 e. The normalized spacial score (nSPS) is 18.4. The van der Waals surface area contributed by atoms with Crippen LogP contribution in [0.2, 0.25) is 5.02 Å². The molecule has 2 unspecified atom stereocenters. The smallest absolute Gasteiger partial charge is 0.314 e. The summed E-state index contributed by atoms with van der Waals surface area (Å²) in [6.45, 7) is 2.31. The highest BCUT2D eigenvalue weighted by atomic mass is 35.5. The van der Waals surface area contributed by atoms with Gasteiger partial charge < -0.3 is 15.2 Å². The van der Waals surface area contributed by atoms with E-state index < -0.39 is 27.3 Å². The maximum Gasteiger partial charge on any atom is 0.314 e. The molecule has 0 saturated heterocycles. The number of hydrazine groups is 1. The van der Waals surface area contributed by atoms with Crippen molar-refractivity contribution in [2.75, 3.05) is 12.3 Å². The van der Waals surface area contributed by atoms with Gasteiger partial charge in [-0.05, 0) is 44.2 Å². The minimum Gasteiger partial charge on any atom is -0.340 e. The van der Waals surface area contributed by atoms with Gasteiger partial charge in [0.1, 0.15) is 0 Å². The molecule has 3 amide bonds. The Bertz CT molecular complexity index is 1160. The van der Waals surface area contributed by atoms with E-state index in [0.717, 1.165) is 12.8 Å². The number of urea groups is 1. The van der Waals surface area contributed by atoms with Crippen LogP contribution < -0.4 is 20.9 Å². The molecule has 10 nitrogen and oxygen atoms in total. The molecular formula is C21H28ClFN6O4S. The highest BCUT2D eigenvalue weighted by Gasteiger charge is 2.28. The van der Waals surface area contributed by atoms with Crippen molar-refractivity contribution in [1.29, 1.82) is 0 Å². The fourth-order valence-corrected chi connectivity index (χ4v) is 5.45. The van der Waals surface area contributed by atoms with E-state index in [-0.39, 0.29) is 28.8 Å². The quantitative estimate of drug-likeness (QED) is 0.401. The van der Waals surface area contributed by atoms with E-state index in [2.05, 4.69) is 21.0 Å². The molecule has 13 heteroatoms. The number of aromatic nitrogens is 2.